The van der Waals surface area contributed by atoms with Gasteiger partial charge in [-0.2, -0.15) is 0 Å². The third-order valence-corrected chi connectivity index (χ3v) is 7.21. The van der Waals surface area contributed by atoms with Gasteiger partial charge < -0.3 is 4.90 Å². The van der Waals surface area contributed by atoms with Gasteiger partial charge in [0.15, 0.2) is 0 Å². The van der Waals surface area contributed by atoms with Gasteiger partial charge in [0, 0.05) is 18.7 Å². The number of rotatable bonds is 1. The van der Waals surface area contributed by atoms with Crippen LogP contribution in [0.5, 0.6) is 0 Å². The molecule has 0 unspecified atom stereocenters. The largest absolute Gasteiger partial charge is 0.308 e. The van der Waals surface area contributed by atoms with Gasteiger partial charge in [0.25, 0.3) is 0 Å². The fourth-order valence-electron chi connectivity index (χ4n) is 3.74. The fourth-order valence-corrected chi connectivity index (χ4v) is 5.90. The molecule has 0 aromatic heterocycles. The van der Waals surface area contributed by atoms with E-state index >= 15 is 0 Å². The fraction of sp³-hybridized carbons (Fsp3) is 0.250. The Hall–Kier alpha value is -1.23. The number of anilines is 3. The summed E-state index contributed by atoms with van der Waals surface area (Å²) in [5, 5.41) is 0. The number of benzene rings is 3. The molecule has 1 nitrogen and oxygen atoms in total. The standard InChI is InChI=1S/C24H23Br2NS/c1-14-10-16(24(3,4)5)11-15(2)23(14)27-19-8-6-17(25)12-21(19)28-22-13-18(26)7-9-20(22)27/h6-13H,1-5H3. The van der Waals surface area contributed by atoms with Crippen molar-refractivity contribution >= 4 is 60.7 Å². The van der Waals surface area contributed by atoms with E-state index in [0.29, 0.717) is 0 Å². The van der Waals surface area contributed by atoms with Crippen LogP contribution in [-0.4, -0.2) is 0 Å². The molecule has 0 spiro atoms. The minimum atomic E-state index is 0.136. The number of hydrogen-bond acceptors (Lipinski definition) is 2. The highest BCUT2D eigenvalue weighted by molar-refractivity contribution is 9.10. The molecule has 0 aliphatic carbocycles. The highest BCUT2D eigenvalue weighted by Gasteiger charge is 2.28. The maximum Gasteiger partial charge on any atom is 0.0602 e. The average Bonchev–Trinajstić information content (AvgIpc) is 2.59. The molecule has 1 heterocycles. The molecule has 0 amide bonds. The molecule has 0 saturated heterocycles. The second-order valence-electron chi connectivity index (χ2n) is 8.37. The zero-order chi connectivity index (χ0) is 20.2. The lowest BCUT2D eigenvalue weighted by atomic mass is 9.84. The maximum atomic E-state index is 3.64. The molecule has 1 aliphatic rings. The molecule has 4 rings (SSSR count). The second kappa shape index (κ2) is 7.23. The minimum absolute atomic E-state index is 0.136. The molecule has 0 N–H and O–H groups in total. The Morgan fingerprint density at radius 1 is 0.750 bits per heavy atom. The van der Waals surface area contributed by atoms with Crippen molar-refractivity contribution in [3.8, 4) is 0 Å². The van der Waals surface area contributed by atoms with Crippen molar-refractivity contribution in [2.45, 2.75) is 49.8 Å². The van der Waals surface area contributed by atoms with Crippen LogP contribution in [0.15, 0.2) is 67.3 Å². The Balaban J connectivity index is 1.98. The first kappa shape index (κ1) is 20.1. The van der Waals surface area contributed by atoms with Gasteiger partial charge in [0.2, 0.25) is 0 Å². The Bertz CT molecular complexity index is 1010. The minimum Gasteiger partial charge on any atom is -0.308 e. The Morgan fingerprint density at radius 2 is 1.21 bits per heavy atom. The van der Waals surface area contributed by atoms with E-state index in [4.69, 9.17) is 0 Å². The van der Waals surface area contributed by atoms with E-state index in [9.17, 15) is 0 Å². The van der Waals surface area contributed by atoms with Crippen LogP contribution in [0.4, 0.5) is 17.1 Å². The lowest BCUT2D eigenvalue weighted by molar-refractivity contribution is 0.589. The number of halogens is 2. The summed E-state index contributed by atoms with van der Waals surface area (Å²) in [6, 6.07) is 17.8. The summed E-state index contributed by atoms with van der Waals surface area (Å²) in [6.45, 7) is 11.3. The highest BCUT2D eigenvalue weighted by Crippen LogP contribution is 2.53. The first-order valence-corrected chi connectivity index (χ1v) is 11.7. The van der Waals surface area contributed by atoms with Crippen LogP contribution in [0.3, 0.4) is 0 Å². The molecule has 144 valence electrons. The lowest BCUT2D eigenvalue weighted by Gasteiger charge is -2.36. The van der Waals surface area contributed by atoms with E-state index < -0.39 is 0 Å². The Labute approximate surface area is 188 Å². The molecular formula is C24H23Br2NS. The molecule has 3 aromatic rings. The second-order valence-corrected chi connectivity index (χ2v) is 11.3. The number of fused-ring (bicyclic) bond motifs is 2. The topological polar surface area (TPSA) is 3.24 Å². The Kier molecular flexibility index (Phi) is 5.18. The van der Waals surface area contributed by atoms with E-state index in [2.05, 4.69) is 120 Å². The first-order chi connectivity index (χ1) is 13.1. The van der Waals surface area contributed by atoms with Gasteiger partial charge >= 0.3 is 0 Å². The third kappa shape index (κ3) is 3.55. The zero-order valence-corrected chi connectivity index (χ0v) is 20.7. The molecule has 0 atom stereocenters. The Morgan fingerprint density at radius 3 is 1.64 bits per heavy atom. The van der Waals surface area contributed by atoms with Crippen LogP contribution in [0, 0.1) is 13.8 Å². The molecule has 4 heteroatoms. The number of nitrogens with zero attached hydrogens (tertiary/aromatic N) is 1. The van der Waals surface area contributed by atoms with Gasteiger partial charge in [-0.25, -0.2) is 0 Å². The normalized spacial score (nSPS) is 13.3. The molecule has 0 radical (unpaired) electrons. The molecule has 1 aliphatic heterocycles. The SMILES string of the molecule is Cc1cc(C(C)(C)C)cc(C)c1N1c2ccc(Br)cc2Sc2cc(Br)ccc21. The molecule has 0 fully saturated rings. The van der Waals surface area contributed by atoms with E-state index in [1.54, 1.807) is 0 Å². The van der Waals surface area contributed by atoms with Crippen molar-refractivity contribution < 1.29 is 0 Å². The van der Waals surface area contributed by atoms with Crippen LogP contribution in [0.1, 0.15) is 37.5 Å². The van der Waals surface area contributed by atoms with Crippen molar-refractivity contribution in [1.29, 1.82) is 0 Å². The summed E-state index contributed by atoms with van der Waals surface area (Å²) in [6.07, 6.45) is 0. The van der Waals surface area contributed by atoms with Gasteiger partial charge in [-0.3, -0.25) is 0 Å². The zero-order valence-electron chi connectivity index (χ0n) is 16.7. The lowest BCUT2D eigenvalue weighted by Crippen LogP contribution is -2.19. The predicted molar refractivity (Wildman–Crippen MR) is 129 cm³/mol. The van der Waals surface area contributed by atoms with E-state index in [0.717, 1.165) is 8.95 Å². The summed E-state index contributed by atoms with van der Waals surface area (Å²) in [5.41, 5.74) is 7.87. The predicted octanol–water partition coefficient (Wildman–Crippen LogP) is 9.06. The average molecular weight is 517 g/mol. The van der Waals surface area contributed by atoms with Crippen LogP contribution < -0.4 is 4.90 Å². The smallest absolute Gasteiger partial charge is 0.0602 e. The molecule has 28 heavy (non-hydrogen) atoms. The first-order valence-electron chi connectivity index (χ1n) is 9.34. The summed E-state index contributed by atoms with van der Waals surface area (Å²) in [4.78, 5) is 4.95. The van der Waals surface area contributed by atoms with Gasteiger partial charge in [0.05, 0.1) is 17.1 Å². The van der Waals surface area contributed by atoms with Gasteiger partial charge in [-0.1, -0.05) is 76.5 Å². The van der Waals surface area contributed by atoms with E-state index in [1.165, 1.54) is 43.5 Å². The number of hydrogen-bond donors (Lipinski definition) is 0. The van der Waals surface area contributed by atoms with Crippen molar-refractivity contribution in [3.05, 3.63) is 74.2 Å². The molecule has 0 saturated carbocycles. The van der Waals surface area contributed by atoms with Crippen LogP contribution in [0.25, 0.3) is 0 Å². The van der Waals surface area contributed by atoms with Gasteiger partial charge in [0.1, 0.15) is 0 Å². The van der Waals surface area contributed by atoms with Gasteiger partial charge in [-0.15, -0.1) is 0 Å². The van der Waals surface area contributed by atoms with Crippen molar-refractivity contribution in [2.24, 2.45) is 0 Å². The van der Waals surface area contributed by atoms with E-state index in [-0.39, 0.29) is 5.41 Å². The van der Waals surface area contributed by atoms with Crippen LogP contribution in [-0.2, 0) is 5.41 Å². The van der Waals surface area contributed by atoms with Gasteiger partial charge in [-0.05, 0) is 72.4 Å². The van der Waals surface area contributed by atoms with Crippen molar-refractivity contribution in [2.75, 3.05) is 4.90 Å². The number of aryl methyl sites for hydroxylation is 2. The summed E-state index contributed by atoms with van der Waals surface area (Å²) < 4.78 is 2.21. The molecule has 3 aromatic carbocycles. The molecule has 0 bridgehead atoms. The third-order valence-electron chi connectivity index (χ3n) is 5.13. The van der Waals surface area contributed by atoms with Crippen LogP contribution in [0.2, 0.25) is 0 Å². The molecular weight excluding hydrogens is 494 g/mol. The van der Waals surface area contributed by atoms with E-state index in [1.807, 2.05) is 11.8 Å². The maximum absolute atomic E-state index is 3.64. The van der Waals surface area contributed by atoms with Crippen LogP contribution >= 0.6 is 43.6 Å². The summed E-state index contributed by atoms with van der Waals surface area (Å²) in [7, 11) is 0. The monoisotopic (exact) mass is 515 g/mol. The quantitative estimate of drug-likeness (QED) is 0.248. The van der Waals surface area contributed by atoms with Crippen molar-refractivity contribution in [1.82, 2.24) is 0 Å². The summed E-state index contributed by atoms with van der Waals surface area (Å²) in [5.74, 6) is 0. The van der Waals surface area contributed by atoms with Crippen molar-refractivity contribution in [3.63, 3.8) is 0 Å². The summed E-state index contributed by atoms with van der Waals surface area (Å²) >= 11 is 9.11. The highest BCUT2D eigenvalue weighted by atomic mass is 79.9.